The summed E-state index contributed by atoms with van der Waals surface area (Å²) in [7, 11) is 0. The van der Waals surface area contributed by atoms with Gasteiger partial charge in [-0.3, -0.25) is 9.78 Å². The summed E-state index contributed by atoms with van der Waals surface area (Å²) >= 11 is 0. The smallest absolute Gasteiger partial charge is 0.270 e. The fourth-order valence-corrected chi connectivity index (χ4v) is 2.14. The maximum atomic E-state index is 12.9. The fourth-order valence-electron chi connectivity index (χ4n) is 2.14. The Balaban J connectivity index is 1.58. The highest BCUT2D eigenvalue weighted by molar-refractivity contribution is 5.92. The number of hydrogen-bond donors (Lipinski definition) is 2. The molecule has 126 valence electrons. The number of halogens is 1. The van der Waals surface area contributed by atoms with Crippen molar-refractivity contribution in [2.24, 2.45) is 0 Å². The third-order valence-electron chi connectivity index (χ3n) is 3.44. The predicted molar refractivity (Wildman–Crippen MR) is 91.2 cm³/mol. The van der Waals surface area contributed by atoms with Crippen molar-refractivity contribution in [2.75, 3.05) is 5.32 Å². The van der Waals surface area contributed by atoms with Gasteiger partial charge in [0.25, 0.3) is 5.91 Å². The average molecular weight is 337 g/mol. The molecule has 2 heterocycles. The molecule has 0 saturated carbocycles. The maximum Gasteiger partial charge on any atom is 0.270 e. The predicted octanol–water partition coefficient (Wildman–Crippen LogP) is 2.55. The van der Waals surface area contributed by atoms with Gasteiger partial charge >= 0.3 is 0 Å². The first-order valence-corrected chi connectivity index (χ1v) is 7.69. The van der Waals surface area contributed by atoms with E-state index >= 15 is 0 Å². The fraction of sp³-hybridized carbons (Fsp3) is 0.111. The zero-order valence-corrected chi connectivity index (χ0v) is 13.3. The molecule has 6 nitrogen and oxygen atoms in total. The number of rotatable bonds is 6. The summed E-state index contributed by atoms with van der Waals surface area (Å²) in [5, 5.41) is 5.84. The Bertz CT molecular complexity index is 840. The molecule has 7 heteroatoms. The number of benzene rings is 1. The molecule has 1 amide bonds. The number of carbonyl (C=O) groups is 1. The third kappa shape index (κ3) is 4.81. The van der Waals surface area contributed by atoms with Crippen LogP contribution in [0.15, 0.2) is 61.1 Å². The number of anilines is 1. The van der Waals surface area contributed by atoms with E-state index in [2.05, 4.69) is 25.6 Å². The van der Waals surface area contributed by atoms with E-state index in [-0.39, 0.29) is 17.4 Å². The van der Waals surface area contributed by atoms with E-state index in [0.717, 1.165) is 11.3 Å². The van der Waals surface area contributed by atoms with Gasteiger partial charge in [-0.15, -0.1) is 0 Å². The summed E-state index contributed by atoms with van der Waals surface area (Å²) in [5.74, 6) is -0.102. The lowest BCUT2D eigenvalue weighted by atomic mass is 10.2. The first-order chi connectivity index (χ1) is 12.2. The highest BCUT2D eigenvalue weighted by Gasteiger charge is 2.08. The number of nitrogens with zero attached hydrogens (tertiary/aromatic N) is 3. The maximum absolute atomic E-state index is 12.9. The van der Waals surface area contributed by atoms with Crippen LogP contribution in [0.3, 0.4) is 0 Å². The minimum atomic E-state index is -0.326. The zero-order chi connectivity index (χ0) is 17.5. The van der Waals surface area contributed by atoms with Crippen molar-refractivity contribution < 1.29 is 9.18 Å². The molecular weight excluding hydrogens is 321 g/mol. The lowest BCUT2D eigenvalue weighted by molar-refractivity contribution is 0.0946. The van der Waals surface area contributed by atoms with Crippen molar-refractivity contribution in [3.63, 3.8) is 0 Å². The summed E-state index contributed by atoms with van der Waals surface area (Å²) < 4.78 is 12.9. The molecular formula is C18H16FN5O. The Hall–Kier alpha value is -3.35. The molecule has 0 spiro atoms. The van der Waals surface area contributed by atoms with E-state index in [1.165, 1.54) is 18.5 Å². The molecule has 25 heavy (non-hydrogen) atoms. The van der Waals surface area contributed by atoms with Gasteiger partial charge in [-0.05, 0) is 29.8 Å². The molecule has 0 aliphatic heterocycles. The molecule has 2 N–H and O–H groups in total. The molecule has 0 fully saturated rings. The monoisotopic (exact) mass is 337 g/mol. The zero-order valence-electron chi connectivity index (χ0n) is 13.3. The molecule has 0 saturated heterocycles. The SMILES string of the molecule is O=C(NCc1ccc(F)cc1)c1cc(NCc2ccccn2)ncn1. The summed E-state index contributed by atoms with van der Waals surface area (Å²) in [5.41, 5.74) is 1.92. The van der Waals surface area contributed by atoms with Crippen molar-refractivity contribution >= 4 is 11.7 Å². The van der Waals surface area contributed by atoms with Gasteiger partial charge in [0.2, 0.25) is 0 Å². The molecule has 0 aliphatic rings. The van der Waals surface area contributed by atoms with E-state index in [9.17, 15) is 9.18 Å². The molecule has 0 bridgehead atoms. The lowest BCUT2D eigenvalue weighted by Crippen LogP contribution is -2.24. The van der Waals surface area contributed by atoms with E-state index in [4.69, 9.17) is 0 Å². The quantitative estimate of drug-likeness (QED) is 0.723. The standard InChI is InChI=1S/C18H16FN5O/c19-14-6-4-13(5-7-14)10-22-18(25)16-9-17(24-12-23-16)21-11-15-3-1-2-8-20-15/h1-9,12H,10-11H2,(H,22,25)(H,21,23,24). The van der Waals surface area contributed by atoms with Gasteiger partial charge in [-0.1, -0.05) is 18.2 Å². The van der Waals surface area contributed by atoms with Gasteiger partial charge in [0.05, 0.1) is 12.2 Å². The van der Waals surface area contributed by atoms with Crippen molar-refractivity contribution in [3.8, 4) is 0 Å². The second-order valence-electron chi connectivity index (χ2n) is 5.27. The summed E-state index contributed by atoms with van der Waals surface area (Å²) in [6.07, 6.45) is 3.04. The summed E-state index contributed by atoms with van der Waals surface area (Å²) in [6.45, 7) is 0.786. The number of aromatic nitrogens is 3. The van der Waals surface area contributed by atoms with Crippen LogP contribution in [0, 0.1) is 5.82 Å². The molecule has 0 aliphatic carbocycles. The Morgan fingerprint density at radius 3 is 2.60 bits per heavy atom. The van der Waals surface area contributed by atoms with Crippen molar-refractivity contribution in [2.45, 2.75) is 13.1 Å². The largest absolute Gasteiger partial charge is 0.364 e. The van der Waals surface area contributed by atoms with Crippen molar-refractivity contribution in [3.05, 3.63) is 83.8 Å². The van der Waals surface area contributed by atoms with E-state index < -0.39 is 0 Å². The van der Waals surface area contributed by atoms with Crippen LogP contribution >= 0.6 is 0 Å². The topological polar surface area (TPSA) is 79.8 Å². The Morgan fingerprint density at radius 1 is 1.00 bits per heavy atom. The minimum Gasteiger partial charge on any atom is -0.364 e. The highest BCUT2D eigenvalue weighted by atomic mass is 19.1. The van der Waals surface area contributed by atoms with Crippen LogP contribution in [-0.4, -0.2) is 20.9 Å². The Kier molecular flexibility index (Phi) is 5.26. The normalized spacial score (nSPS) is 10.3. The first kappa shape index (κ1) is 16.5. The number of pyridine rings is 1. The van der Waals surface area contributed by atoms with Crippen LogP contribution in [0.25, 0.3) is 0 Å². The molecule has 0 atom stereocenters. The van der Waals surface area contributed by atoms with Crippen LogP contribution in [0.1, 0.15) is 21.7 Å². The summed E-state index contributed by atoms with van der Waals surface area (Å²) in [6, 6.07) is 13.2. The highest BCUT2D eigenvalue weighted by Crippen LogP contribution is 2.07. The number of carbonyl (C=O) groups excluding carboxylic acids is 1. The number of amides is 1. The average Bonchev–Trinajstić information content (AvgIpc) is 2.67. The van der Waals surface area contributed by atoms with Crippen LogP contribution in [0.2, 0.25) is 0 Å². The van der Waals surface area contributed by atoms with Gasteiger partial charge in [0.15, 0.2) is 0 Å². The third-order valence-corrected chi connectivity index (χ3v) is 3.44. The van der Waals surface area contributed by atoms with Crippen LogP contribution in [-0.2, 0) is 13.1 Å². The lowest BCUT2D eigenvalue weighted by Gasteiger charge is -2.07. The molecule has 0 radical (unpaired) electrons. The van der Waals surface area contributed by atoms with Gasteiger partial charge in [-0.25, -0.2) is 14.4 Å². The Morgan fingerprint density at radius 2 is 1.84 bits per heavy atom. The molecule has 0 unspecified atom stereocenters. The second kappa shape index (κ2) is 7.96. The van der Waals surface area contributed by atoms with Crippen molar-refractivity contribution in [1.82, 2.24) is 20.3 Å². The van der Waals surface area contributed by atoms with Gasteiger partial charge in [0.1, 0.15) is 23.7 Å². The van der Waals surface area contributed by atoms with Crippen molar-refractivity contribution in [1.29, 1.82) is 0 Å². The molecule has 1 aromatic carbocycles. The summed E-state index contributed by atoms with van der Waals surface area (Å²) in [4.78, 5) is 24.5. The van der Waals surface area contributed by atoms with Crippen LogP contribution in [0.4, 0.5) is 10.2 Å². The first-order valence-electron chi connectivity index (χ1n) is 7.69. The van der Waals surface area contributed by atoms with E-state index in [0.29, 0.717) is 18.9 Å². The molecule has 3 rings (SSSR count). The van der Waals surface area contributed by atoms with Gasteiger partial charge in [0, 0.05) is 18.8 Å². The van der Waals surface area contributed by atoms with Gasteiger partial charge in [-0.2, -0.15) is 0 Å². The van der Waals surface area contributed by atoms with E-state index in [1.807, 2.05) is 18.2 Å². The second-order valence-corrected chi connectivity index (χ2v) is 5.27. The molecule has 3 aromatic rings. The number of hydrogen-bond acceptors (Lipinski definition) is 5. The van der Waals surface area contributed by atoms with Gasteiger partial charge < -0.3 is 10.6 Å². The Labute approximate surface area is 144 Å². The van der Waals surface area contributed by atoms with E-state index in [1.54, 1.807) is 24.4 Å². The van der Waals surface area contributed by atoms with Crippen LogP contribution in [0.5, 0.6) is 0 Å². The van der Waals surface area contributed by atoms with Crippen LogP contribution < -0.4 is 10.6 Å². The minimum absolute atomic E-state index is 0.251. The number of nitrogens with one attached hydrogen (secondary N) is 2. The molecule has 2 aromatic heterocycles.